The van der Waals surface area contributed by atoms with Crippen LogP contribution in [0.4, 0.5) is 0 Å². The van der Waals surface area contributed by atoms with Crippen LogP contribution in [0.2, 0.25) is 0 Å². The third kappa shape index (κ3) is 3.71. The zero-order chi connectivity index (χ0) is 17.2. The molecule has 0 aromatic heterocycles. The van der Waals surface area contributed by atoms with Crippen molar-refractivity contribution in [1.29, 1.82) is 0 Å². The quantitative estimate of drug-likeness (QED) is 0.702. The van der Waals surface area contributed by atoms with Gasteiger partial charge in [-0.25, -0.2) is 0 Å². The summed E-state index contributed by atoms with van der Waals surface area (Å²) in [5, 5.41) is 2.97. The minimum absolute atomic E-state index is 0.0564. The second-order valence-corrected chi connectivity index (χ2v) is 8.10. The summed E-state index contributed by atoms with van der Waals surface area (Å²) in [6.07, 6.45) is 4.90. The van der Waals surface area contributed by atoms with Crippen LogP contribution in [-0.4, -0.2) is 53.5 Å². The van der Waals surface area contributed by atoms with E-state index in [9.17, 15) is 14.4 Å². The Kier molecular flexibility index (Phi) is 5.37. The highest BCUT2D eigenvalue weighted by atomic mass is 32.2. The molecular formula is C17H26N2O4S. The first-order valence-corrected chi connectivity index (χ1v) is 10.0. The van der Waals surface area contributed by atoms with Gasteiger partial charge < -0.3 is 15.0 Å². The molecule has 1 saturated heterocycles. The Hall–Kier alpha value is -1.24. The number of carbonyl (C=O) groups excluding carboxylic acids is 3. The summed E-state index contributed by atoms with van der Waals surface area (Å²) in [5.74, 6) is 1.37. The van der Waals surface area contributed by atoms with Crippen LogP contribution >= 0.6 is 11.8 Å². The van der Waals surface area contributed by atoms with Gasteiger partial charge in [-0.1, -0.05) is 6.42 Å². The third-order valence-electron chi connectivity index (χ3n) is 5.28. The molecule has 1 N–H and O–H groups in total. The zero-order valence-corrected chi connectivity index (χ0v) is 15.0. The topological polar surface area (TPSA) is 75.7 Å². The molecular weight excluding hydrogens is 328 g/mol. The second-order valence-electron chi connectivity index (χ2n) is 7.10. The summed E-state index contributed by atoms with van der Waals surface area (Å²) in [5.41, 5.74) is -0.657. The maximum atomic E-state index is 12.8. The SMILES string of the molecule is CCOC(=O)C1(CC(=O)N2CSCC2C(=O)NCC2CC2)CCC1. The van der Waals surface area contributed by atoms with Gasteiger partial charge in [0.1, 0.15) is 6.04 Å². The number of nitrogens with one attached hydrogen (secondary N) is 1. The fourth-order valence-electron chi connectivity index (χ4n) is 3.32. The monoisotopic (exact) mass is 354 g/mol. The molecule has 0 aromatic carbocycles. The van der Waals surface area contributed by atoms with Gasteiger partial charge in [-0.15, -0.1) is 11.8 Å². The Bertz CT molecular complexity index is 517. The van der Waals surface area contributed by atoms with Crippen LogP contribution in [0.3, 0.4) is 0 Å². The normalized spacial score (nSPS) is 25.0. The van der Waals surface area contributed by atoms with Gasteiger partial charge >= 0.3 is 5.97 Å². The van der Waals surface area contributed by atoms with Gasteiger partial charge in [-0.2, -0.15) is 0 Å². The van der Waals surface area contributed by atoms with Gasteiger partial charge in [0, 0.05) is 18.7 Å². The molecule has 2 saturated carbocycles. The van der Waals surface area contributed by atoms with E-state index in [1.165, 1.54) is 12.8 Å². The largest absolute Gasteiger partial charge is 0.466 e. The summed E-state index contributed by atoms with van der Waals surface area (Å²) < 4.78 is 5.16. The highest BCUT2D eigenvalue weighted by Gasteiger charge is 2.49. The van der Waals surface area contributed by atoms with Crippen LogP contribution in [-0.2, 0) is 19.1 Å². The number of amides is 2. The minimum Gasteiger partial charge on any atom is -0.466 e. The molecule has 1 unspecified atom stereocenters. The highest BCUT2D eigenvalue weighted by molar-refractivity contribution is 7.99. The standard InChI is InChI=1S/C17H26N2O4S/c1-2-23-16(22)17(6-3-7-17)8-14(20)19-11-24-10-13(19)15(21)18-9-12-4-5-12/h12-13H,2-11H2,1H3,(H,18,21). The first kappa shape index (κ1) is 17.6. The number of rotatable bonds is 7. The van der Waals surface area contributed by atoms with E-state index in [1.54, 1.807) is 23.6 Å². The first-order chi connectivity index (χ1) is 11.6. The van der Waals surface area contributed by atoms with Crippen molar-refractivity contribution in [2.75, 3.05) is 24.8 Å². The molecule has 2 amide bonds. The molecule has 0 radical (unpaired) electrons. The Morgan fingerprint density at radius 2 is 2.04 bits per heavy atom. The zero-order valence-electron chi connectivity index (χ0n) is 14.2. The molecule has 134 valence electrons. The van der Waals surface area contributed by atoms with Gasteiger partial charge in [0.15, 0.2) is 0 Å². The molecule has 3 rings (SSSR count). The van der Waals surface area contributed by atoms with Crippen molar-refractivity contribution in [3.05, 3.63) is 0 Å². The lowest BCUT2D eigenvalue weighted by molar-refractivity contribution is -0.165. The van der Waals surface area contributed by atoms with E-state index in [1.807, 2.05) is 0 Å². The molecule has 1 atom stereocenters. The van der Waals surface area contributed by atoms with Crippen LogP contribution < -0.4 is 5.32 Å². The number of hydrogen-bond donors (Lipinski definition) is 1. The minimum atomic E-state index is -0.657. The predicted octanol–water partition coefficient (Wildman–Crippen LogP) is 1.54. The fourth-order valence-corrected chi connectivity index (χ4v) is 4.50. The first-order valence-electron chi connectivity index (χ1n) is 8.88. The van der Waals surface area contributed by atoms with Crippen molar-refractivity contribution in [2.45, 2.75) is 51.5 Å². The van der Waals surface area contributed by atoms with Gasteiger partial charge in [-0.05, 0) is 38.5 Å². The average Bonchev–Trinajstić information content (AvgIpc) is 3.22. The number of esters is 1. The summed E-state index contributed by atoms with van der Waals surface area (Å²) >= 11 is 1.60. The number of nitrogens with zero attached hydrogens (tertiary/aromatic N) is 1. The maximum Gasteiger partial charge on any atom is 0.312 e. The van der Waals surface area contributed by atoms with Gasteiger partial charge in [0.25, 0.3) is 0 Å². The van der Waals surface area contributed by atoms with Gasteiger partial charge in [0.05, 0.1) is 17.9 Å². The molecule has 3 fully saturated rings. The highest BCUT2D eigenvalue weighted by Crippen LogP contribution is 2.46. The van der Waals surface area contributed by atoms with Crippen LogP contribution in [0.25, 0.3) is 0 Å². The van der Waals surface area contributed by atoms with Crippen molar-refractivity contribution in [3.63, 3.8) is 0 Å². The van der Waals surface area contributed by atoms with E-state index in [4.69, 9.17) is 4.74 Å². The Balaban J connectivity index is 1.58. The number of thioether (sulfide) groups is 1. The van der Waals surface area contributed by atoms with Crippen molar-refractivity contribution < 1.29 is 19.1 Å². The molecule has 6 nitrogen and oxygen atoms in total. The summed E-state index contributed by atoms with van der Waals surface area (Å²) in [6.45, 7) is 2.83. The van der Waals surface area contributed by atoms with Gasteiger partial charge in [-0.3, -0.25) is 14.4 Å². The molecule has 1 aliphatic heterocycles. The van der Waals surface area contributed by atoms with Crippen molar-refractivity contribution >= 4 is 29.5 Å². The van der Waals surface area contributed by atoms with Crippen LogP contribution in [0.1, 0.15) is 45.4 Å². The van der Waals surface area contributed by atoms with E-state index in [0.717, 1.165) is 13.0 Å². The lowest BCUT2D eigenvalue weighted by atomic mass is 9.66. The lowest BCUT2D eigenvalue weighted by Gasteiger charge is -2.39. The van der Waals surface area contributed by atoms with E-state index < -0.39 is 11.5 Å². The van der Waals surface area contributed by atoms with E-state index >= 15 is 0 Å². The van der Waals surface area contributed by atoms with Crippen LogP contribution in [0.15, 0.2) is 0 Å². The molecule has 2 aliphatic carbocycles. The third-order valence-corrected chi connectivity index (χ3v) is 6.29. The molecule has 0 spiro atoms. The fraction of sp³-hybridized carbons (Fsp3) is 0.824. The predicted molar refractivity (Wildman–Crippen MR) is 91.2 cm³/mol. The smallest absolute Gasteiger partial charge is 0.312 e. The number of ether oxygens (including phenoxy) is 1. The molecule has 7 heteroatoms. The lowest BCUT2D eigenvalue weighted by Crippen LogP contribution is -2.50. The summed E-state index contributed by atoms with van der Waals surface area (Å²) in [6, 6.07) is -0.402. The Morgan fingerprint density at radius 3 is 2.62 bits per heavy atom. The summed E-state index contributed by atoms with van der Waals surface area (Å²) in [4.78, 5) is 39.0. The Labute approximate surface area is 147 Å². The van der Waals surface area contributed by atoms with E-state index in [2.05, 4.69) is 5.32 Å². The maximum absolute atomic E-state index is 12.8. The van der Waals surface area contributed by atoms with Crippen LogP contribution in [0.5, 0.6) is 0 Å². The van der Waals surface area contributed by atoms with Crippen molar-refractivity contribution in [2.24, 2.45) is 11.3 Å². The van der Waals surface area contributed by atoms with Crippen molar-refractivity contribution in [1.82, 2.24) is 10.2 Å². The van der Waals surface area contributed by atoms with Gasteiger partial charge in [0.2, 0.25) is 11.8 Å². The van der Waals surface area contributed by atoms with E-state index in [-0.39, 0.29) is 24.2 Å². The summed E-state index contributed by atoms with van der Waals surface area (Å²) in [7, 11) is 0. The van der Waals surface area contributed by atoms with E-state index in [0.29, 0.717) is 37.0 Å². The molecule has 24 heavy (non-hydrogen) atoms. The Morgan fingerprint density at radius 1 is 1.29 bits per heavy atom. The number of hydrogen-bond acceptors (Lipinski definition) is 5. The molecule has 0 aromatic rings. The second kappa shape index (κ2) is 7.33. The average molecular weight is 354 g/mol. The molecule has 1 heterocycles. The van der Waals surface area contributed by atoms with Crippen molar-refractivity contribution in [3.8, 4) is 0 Å². The molecule has 3 aliphatic rings. The molecule has 0 bridgehead atoms. The van der Waals surface area contributed by atoms with Crippen LogP contribution in [0, 0.1) is 11.3 Å². The number of carbonyl (C=O) groups is 3.